The van der Waals surface area contributed by atoms with Crippen LogP contribution in [0.4, 0.5) is 4.39 Å². The monoisotopic (exact) mass is 283 g/mol. The minimum Gasteiger partial charge on any atom is -0.488 e. The maximum atomic E-state index is 13.5. The number of nitrogens with zero attached hydrogens (tertiary/aromatic N) is 1. The molecule has 106 valence electrons. The molecule has 0 aromatic heterocycles. The van der Waals surface area contributed by atoms with Gasteiger partial charge in [0, 0.05) is 6.42 Å². The molecular weight excluding hydrogens is 269 g/mol. The Hall–Kier alpha value is -2.54. The van der Waals surface area contributed by atoms with Crippen molar-refractivity contribution in [1.29, 1.82) is 5.26 Å². The van der Waals surface area contributed by atoms with Crippen molar-refractivity contribution in [2.75, 3.05) is 6.61 Å². The maximum absolute atomic E-state index is 13.5. The largest absolute Gasteiger partial charge is 0.488 e. The molecule has 0 saturated carbocycles. The summed E-state index contributed by atoms with van der Waals surface area (Å²) in [5.74, 6) is 0.559. The summed E-state index contributed by atoms with van der Waals surface area (Å²) >= 11 is 0. The van der Waals surface area contributed by atoms with E-state index in [2.05, 4.69) is 6.07 Å². The first-order valence-electron chi connectivity index (χ1n) is 6.75. The summed E-state index contributed by atoms with van der Waals surface area (Å²) in [6.07, 6.45) is 0.644. The highest BCUT2D eigenvalue weighted by molar-refractivity contribution is 5.44. The van der Waals surface area contributed by atoms with Crippen LogP contribution in [0.2, 0.25) is 0 Å². The zero-order valence-electron chi connectivity index (χ0n) is 11.6. The second-order valence-electron chi connectivity index (χ2n) is 5.09. The third-order valence-electron chi connectivity index (χ3n) is 3.47. The molecule has 4 heteroatoms. The van der Waals surface area contributed by atoms with Gasteiger partial charge in [-0.3, -0.25) is 0 Å². The lowest BCUT2D eigenvalue weighted by Crippen LogP contribution is -2.22. The summed E-state index contributed by atoms with van der Waals surface area (Å²) in [5.41, 5.74) is 2.28. The molecule has 1 atom stereocenters. The molecule has 1 aliphatic rings. The van der Waals surface area contributed by atoms with Crippen molar-refractivity contribution < 1.29 is 13.9 Å². The van der Waals surface area contributed by atoms with Gasteiger partial charge >= 0.3 is 0 Å². The number of nitriles is 1. The van der Waals surface area contributed by atoms with Crippen molar-refractivity contribution in [1.82, 2.24) is 0 Å². The second-order valence-corrected chi connectivity index (χ2v) is 5.09. The number of fused-ring (bicyclic) bond motifs is 1. The Labute approximate surface area is 122 Å². The Morgan fingerprint density at radius 3 is 3.05 bits per heavy atom. The molecule has 21 heavy (non-hydrogen) atoms. The lowest BCUT2D eigenvalue weighted by atomic mass is 10.1. The van der Waals surface area contributed by atoms with Crippen LogP contribution in [0.25, 0.3) is 0 Å². The molecule has 1 aliphatic heterocycles. The summed E-state index contributed by atoms with van der Waals surface area (Å²) in [7, 11) is 0. The number of rotatable bonds is 3. The van der Waals surface area contributed by atoms with Crippen LogP contribution in [0.3, 0.4) is 0 Å². The molecule has 1 unspecified atom stereocenters. The van der Waals surface area contributed by atoms with Crippen LogP contribution < -0.4 is 9.47 Å². The van der Waals surface area contributed by atoms with Crippen molar-refractivity contribution in [3.8, 4) is 17.6 Å². The van der Waals surface area contributed by atoms with E-state index < -0.39 is 5.82 Å². The highest BCUT2D eigenvalue weighted by Crippen LogP contribution is 2.30. The summed E-state index contributed by atoms with van der Waals surface area (Å²) in [6.45, 7) is 2.32. The first-order chi connectivity index (χ1) is 10.2. The van der Waals surface area contributed by atoms with Crippen molar-refractivity contribution in [2.45, 2.75) is 19.4 Å². The summed E-state index contributed by atoms with van der Waals surface area (Å²) in [6, 6.07) is 12.2. The van der Waals surface area contributed by atoms with Crippen molar-refractivity contribution >= 4 is 0 Å². The van der Waals surface area contributed by atoms with Gasteiger partial charge in [0.15, 0.2) is 0 Å². The molecule has 0 aliphatic carbocycles. The van der Waals surface area contributed by atoms with E-state index in [4.69, 9.17) is 14.7 Å². The lowest BCUT2D eigenvalue weighted by molar-refractivity contribution is 0.148. The van der Waals surface area contributed by atoms with E-state index in [1.54, 1.807) is 6.07 Å². The summed E-state index contributed by atoms with van der Waals surface area (Å²) in [4.78, 5) is 0. The van der Waals surface area contributed by atoms with Gasteiger partial charge in [-0.2, -0.15) is 5.26 Å². The van der Waals surface area contributed by atoms with Gasteiger partial charge in [0.05, 0.1) is 0 Å². The molecule has 0 radical (unpaired) electrons. The van der Waals surface area contributed by atoms with Crippen molar-refractivity contribution in [3.05, 3.63) is 58.9 Å². The van der Waals surface area contributed by atoms with E-state index in [9.17, 15) is 4.39 Å². The van der Waals surface area contributed by atoms with Gasteiger partial charge in [-0.05, 0) is 30.7 Å². The van der Waals surface area contributed by atoms with E-state index in [0.717, 1.165) is 17.7 Å². The number of benzene rings is 2. The standard InChI is InChI=1S/C17H14FNO2/c1-11-5-6-16-12(7-11)8-13(21-16)10-20-17-4-2-3-15(18)14(17)9-19/h2-7,13H,8,10H2,1H3. The number of ether oxygens (including phenoxy) is 2. The molecule has 3 rings (SSSR count). The van der Waals surface area contributed by atoms with Crippen LogP contribution in [0.5, 0.6) is 11.5 Å². The Morgan fingerprint density at radius 2 is 2.24 bits per heavy atom. The number of halogens is 1. The van der Waals surface area contributed by atoms with E-state index in [-0.39, 0.29) is 24.0 Å². The molecule has 0 bridgehead atoms. The number of hydrogen-bond acceptors (Lipinski definition) is 3. The minimum atomic E-state index is -0.568. The Kier molecular flexibility index (Phi) is 3.49. The molecule has 0 amide bonds. The summed E-state index contributed by atoms with van der Waals surface area (Å²) < 4.78 is 24.8. The van der Waals surface area contributed by atoms with E-state index >= 15 is 0 Å². The third-order valence-corrected chi connectivity index (χ3v) is 3.47. The predicted molar refractivity (Wildman–Crippen MR) is 75.9 cm³/mol. The summed E-state index contributed by atoms with van der Waals surface area (Å²) in [5, 5.41) is 8.96. The average molecular weight is 283 g/mol. The Balaban J connectivity index is 1.68. The number of hydrogen-bond donors (Lipinski definition) is 0. The average Bonchev–Trinajstić information content (AvgIpc) is 2.87. The van der Waals surface area contributed by atoms with E-state index in [0.29, 0.717) is 0 Å². The first kappa shape index (κ1) is 13.4. The quantitative estimate of drug-likeness (QED) is 0.867. The molecule has 1 heterocycles. The molecule has 0 fully saturated rings. The maximum Gasteiger partial charge on any atom is 0.144 e. The molecule has 2 aromatic rings. The fraction of sp³-hybridized carbons (Fsp3) is 0.235. The van der Waals surface area contributed by atoms with Crippen molar-refractivity contribution in [2.24, 2.45) is 0 Å². The fourth-order valence-corrected chi connectivity index (χ4v) is 2.46. The molecule has 3 nitrogen and oxygen atoms in total. The van der Waals surface area contributed by atoms with Crippen LogP contribution in [-0.2, 0) is 6.42 Å². The van der Waals surface area contributed by atoms with Crippen LogP contribution in [0, 0.1) is 24.1 Å². The Morgan fingerprint density at radius 1 is 1.38 bits per heavy atom. The minimum absolute atomic E-state index is 0.0659. The topological polar surface area (TPSA) is 42.2 Å². The molecular formula is C17H14FNO2. The smallest absolute Gasteiger partial charge is 0.144 e. The zero-order chi connectivity index (χ0) is 14.8. The molecule has 0 spiro atoms. The molecule has 0 N–H and O–H groups in total. The van der Waals surface area contributed by atoms with Crippen LogP contribution in [0.1, 0.15) is 16.7 Å². The van der Waals surface area contributed by atoms with E-state index in [1.807, 2.05) is 25.1 Å². The number of aryl methyl sites for hydroxylation is 1. The van der Waals surface area contributed by atoms with Gasteiger partial charge in [-0.25, -0.2) is 4.39 Å². The third kappa shape index (κ3) is 2.68. The van der Waals surface area contributed by atoms with Gasteiger partial charge in [0.25, 0.3) is 0 Å². The normalized spacial score (nSPS) is 16.0. The highest BCUT2D eigenvalue weighted by atomic mass is 19.1. The van der Waals surface area contributed by atoms with Crippen LogP contribution in [0.15, 0.2) is 36.4 Å². The Bertz CT molecular complexity index is 721. The lowest BCUT2D eigenvalue weighted by Gasteiger charge is -2.13. The van der Waals surface area contributed by atoms with Gasteiger partial charge in [0.1, 0.15) is 41.7 Å². The first-order valence-corrected chi connectivity index (χ1v) is 6.75. The van der Waals surface area contributed by atoms with E-state index in [1.165, 1.54) is 17.7 Å². The van der Waals surface area contributed by atoms with Gasteiger partial charge in [-0.15, -0.1) is 0 Å². The second kappa shape index (κ2) is 5.45. The van der Waals surface area contributed by atoms with Gasteiger partial charge in [-0.1, -0.05) is 23.8 Å². The van der Waals surface area contributed by atoms with Crippen LogP contribution in [-0.4, -0.2) is 12.7 Å². The van der Waals surface area contributed by atoms with Gasteiger partial charge < -0.3 is 9.47 Å². The van der Waals surface area contributed by atoms with Gasteiger partial charge in [0.2, 0.25) is 0 Å². The highest BCUT2D eigenvalue weighted by Gasteiger charge is 2.24. The predicted octanol–water partition coefficient (Wildman–Crippen LogP) is 3.39. The van der Waals surface area contributed by atoms with Crippen molar-refractivity contribution in [3.63, 3.8) is 0 Å². The SMILES string of the molecule is Cc1ccc2c(c1)CC(COc1cccc(F)c1C#N)O2. The molecule has 0 saturated heterocycles. The zero-order valence-corrected chi connectivity index (χ0v) is 11.6. The van der Waals surface area contributed by atoms with Crippen LogP contribution >= 0.6 is 0 Å². The fourth-order valence-electron chi connectivity index (χ4n) is 2.46. The molecule has 2 aromatic carbocycles.